The van der Waals surface area contributed by atoms with Crippen molar-refractivity contribution < 1.29 is 14.3 Å². The molecule has 0 spiro atoms. The fourth-order valence-corrected chi connectivity index (χ4v) is 3.11. The van der Waals surface area contributed by atoms with E-state index in [0.717, 1.165) is 16.9 Å². The zero-order valence-electron chi connectivity index (χ0n) is 15.1. The van der Waals surface area contributed by atoms with Gasteiger partial charge in [0.2, 0.25) is 0 Å². The van der Waals surface area contributed by atoms with Crippen molar-refractivity contribution in [3.05, 3.63) is 53.6 Å². The molecule has 1 aliphatic rings. The molecule has 1 atom stereocenters. The molecule has 5 nitrogen and oxygen atoms in total. The number of rotatable bonds is 3. The smallest absolute Gasteiger partial charge is 0.319 e. The van der Waals surface area contributed by atoms with E-state index < -0.39 is 0 Å². The summed E-state index contributed by atoms with van der Waals surface area (Å²) in [7, 11) is 1.60. The zero-order valence-corrected chi connectivity index (χ0v) is 15.1. The third-order valence-corrected chi connectivity index (χ3v) is 4.26. The van der Waals surface area contributed by atoms with Crippen LogP contribution < -0.4 is 20.1 Å². The quantitative estimate of drug-likeness (QED) is 0.869. The molecule has 2 amide bonds. The monoisotopic (exact) mass is 340 g/mol. The Bertz CT molecular complexity index is 786. The van der Waals surface area contributed by atoms with Gasteiger partial charge in [0.05, 0.1) is 13.2 Å². The number of fused-ring (bicyclic) bond motifs is 1. The van der Waals surface area contributed by atoms with Crippen LogP contribution in [-0.4, -0.2) is 18.7 Å². The standard InChI is InChI=1S/C20H24N2O3/c1-13-8-9-16-17(12-20(2,3)25-18(16)10-13)22-19(23)21-14-6-5-7-15(11-14)24-4/h5-11,17H,12H2,1-4H3,(H2,21,22,23). The zero-order chi connectivity index (χ0) is 18.0. The van der Waals surface area contributed by atoms with Crippen molar-refractivity contribution in [2.75, 3.05) is 12.4 Å². The third-order valence-electron chi connectivity index (χ3n) is 4.26. The molecule has 0 bridgehead atoms. The first-order chi connectivity index (χ1) is 11.9. The number of carbonyl (C=O) groups excluding carboxylic acids is 1. The van der Waals surface area contributed by atoms with E-state index in [4.69, 9.17) is 9.47 Å². The summed E-state index contributed by atoms with van der Waals surface area (Å²) < 4.78 is 11.3. The molecule has 2 aromatic carbocycles. The maximum absolute atomic E-state index is 12.5. The molecule has 0 radical (unpaired) electrons. The molecule has 25 heavy (non-hydrogen) atoms. The number of nitrogens with one attached hydrogen (secondary N) is 2. The largest absolute Gasteiger partial charge is 0.497 e. The van der Waals surface area contributed by atoms with Crippen molar-refractivity contribution in [2.24, 2.45) is 0 Å². The van der Waals surface area contributed by atoms with Gasteiger partial charge in [-0.25, -0.2) is 4.79 Å². The fourth-order valence-electron chi connectivity index (χ4n) is 3.11. The van der Waals surface area contributed by atoms with E-state index in [-0.39, 0.29) is 17.7 Å². The molecule has 5 heteroatoms. The third kappa shape index (κ3) is 4.05. The average Bonchev–Trinajstić information content (AvgIpc) is 2.53. The van der Waals surface area contributed by atoms with Gasteiger partial charge in [-0.15, -0.1) is 0 Å². The molecule has 0 aliphatic carbocycles. The van der Waals surface area contributed by atoms with E-state index in [1.807, 2.05) is 57.2 Å². The molecule has 1 aliphatic heterocycles. The molecule has 2 N–H and O–H groups in total. The van der Waals surface area contributed by atoms with Crippen LogP contribution in [0.5, 0.6) is 11.5 Å². The SMILES string of the molecule is COc1cccc(NC(=O)NC2CC(C)(C)Oc3cc(C)ccc32)c1. The van der Waals surface area contributed by atoms with Crippen LogP contribution in [0.3, 0.4) is 0 Å². The number of aryl methyl sites for hydroxylation is 1. The van der Waals surface area contributed by atoms with Crippen molar-refractivity contribution in [3.63, 3.8) is 0 Å². The van der Waals surface area contributed by atoms with Crippen molar-refractivity contribution in [3.8, 4) is 11.5 Å². The highest BCUT2D eigenvalue weighted by Crippen LogP contribution is 2.39. The van der Waals surface area contributed by atoms with Crippen molar-refractivity contribution in [1.82, 2.24) is 5.32 Å². The van der Waals surface area contributed by atoms with Crippen LogP contribution >= 0.6 is 0 Å². The van der Waals surface area contributed by atoms with Crippen LogP contribution in [-0.2, 0) is 0 Å². The lowest BCUT2D eigenvalue weighted by atomic mass is 9.89. The Kier molecular flexibility index (Phi) is 4.57. The molecule has 2 aromatic rings. The summed E-state index contributed by atoms with van der Waals surface area (Å²) in [6.45, 7) is 6.10. The Morgan fingerprint density at radius 1 is 1.24 bits per heavy atom. The predicted molar refractivity (Wildman–Crippen MR) is 98.4 cm³/mol. The summed E-state index contributed by atoms with van der Waals surface area (Å²) in [5.74, 6) is 1.54. The van der Waals surface area contributed by atoms with Gasteiger partial charge in [-0.1, -0.05) is 18.2 Å². The minimum Gasteiger partial charge on any atom is -0.497 e. The summed E-state index contributed by atoms with van der Waals surface area (Å²) >= 11 is 0. The predicted octanol–water partition coefficient (Wildman–Crippen LogP) is 4.43. The molecular formula is C20H24N2O3. The molecule has 0 saturated carbocycles. The van der Waals surface area contributed by atoms with Crippen LogP contribution in [0.1, 0.15) is 37.4 Å². The maximum atomic E-state index is 12.5. The number of anilines is 1. The van der Waals surface area contributed by atoms with Gasteiger partial charge in [0.15, 0.2) is 0 Å². The Balaban J connectivity index is 1.76. The van der Waals surface area contributed by atoms with Gasteiger partial charge in [0, 0.05) is 23.7 Å². The van der Waals surface area contributed by atoms with Gasteiger partial charge in [-0.05, 0) is 44.5 Å². The Morgan fingerprint density at radius 3 is 2.80 bits per heavy atom. The van der Waals surface area contributed by atoms with E-state index in [1.54, 1.807) is 13.2 Å². The number of methoxy groups -OCH3 is 1. The van der Waals surface area contributed by atoms with Crippen molar-refractivity contribution in [1.29, 1.82) is 0 Å². The Morgan fingerprint density at radius 2 is 2.04 bits per heavy atom. The number of benzene rings is 2. The van der Waals surface area contributed by atoms with Crippen molar-refractivity contribution >= 4 is 11.7 Å². The first-order valence-corrected chi connectivity index (χ1v) is 8.37. The highest BCUT2D eigenvalue weighted by molar-refractivity contribution is 5.89. The molecule has 0 aromatic heterocycles. The first-order valence-electron chi connectivity index (χ1n) is 8.37. The summed E-state index contributed by atoms with van der Waals surface area (Å²) in [6.07, 6.45) is 0.703. The molecule has 1 unspecified atom stereocenters. The van der Waals surface area contributed by atoms with Gasteiger partial charge >= 0.3 is 6.03 Å². The lowest BCUT2D eigenvalue weighted by Crippen LogP contribution is -2.42. The topological polar surface area (TPSA) is 59.6 Å². The second-order valence-corrected chi connectivity index (χ2v) is 6.99. The van der Waals surface area contributed by atoms with E-state index in [1.165, 1.54) is 0 Å². The maximum Gasteiger partial charge on any atom is 0.319 e. The second-order valence-electron chi connectivity index (χ2n) is 6.99. The number of hydrogen-bond donors (Lipinski definition) is 2. The molecular weight excluding hydrogens is 316 g/mol. The number of hydrogen-bond acceptors (Lipinski definition) is 3. The lowest BCUT2D eigenvalue weighted by molar-refractivity contribution is 0.0682. The summed E-state index contributed by atoms with van der Waals surface area (Å²) in [5.41, 5.74) is 2.49. The average molecular weight is 340 g/mol. The van der Waals surface area contributed by atoms with Crippen LogP contribution in [0.2, 0.25) is 0 Å². The first kappa shape index (κ1) is 17.1. The lowest BCUT2D eigenvalue weighted by Gasteiger charge is -2.38. The van der Waals surface area contributed by atoms with Gasteiger partial charge < -0.3 is 20.1 Å². The molecule has 132 valence electrons. The van der Waals surface area contributed by atoms with E-state index in [2.05, 4.69) is 10.6 Å². The molecule has 0 saturated heterocycles. The van der Waals surface area contributed by atoms with E-state index >= 15 is 0 Å². The summed E-state index contributed by atoms with van der Waals surface area (Å²) in [4.78, 5) is 12.5. The number of carbonyl (C=O) groups is 1. The fraction of sp³-hybridized carbons (Fsp3) is 0.350. The van der Waals surface area contributed by atoms with Crippen LogP contribution in [0.4, 0.5) is 10.5 Å². The second kappa shape index (κ2) is 6.67. The minimum atomic E-state index is -0.339. The summed E-state index contributed by atoms with van der Waals surface area (Å²) in [5, 5.41) is 5.93. The number of amides is 2. The van der Waals surface area contributed by atoms with Crippen LogP contribution in [0.15, 0.2) is 42.5 Å². The molecule has 0 fully saturated rings. The molecule has 3 rings (SSSR count). The Hall–Kier alpha value is -2.69. The number of ether oxygens (including phenoxy) is 2. The van der Waals surface area contributed by atoms with Gasteiger partial charge in [-0.2, -0.15) is 0 Å². The van der Waals surface area contributed by atoms with Gasteiger partial charge in [0.1, 0.15) is 17.1 Å². The highest BCUT2D eigenvalue weighted by Gasteiger charge is 2.34. The normalized spacial score (nSPS) is 17.8. The van der Waals surface area contributed by atoms with Gasteiger partial charge in [0.25, 0.3) is 0 Å². The van der Waals surface area contributed by atoms with E-state index in [0.29, 0.717) is 17.9 Å². The van der Waals surface area contributed by atoms with Crippen LogP contribution in [0, 0.1) is 6.92 Å². The van der Waals surface area contributed by atoms with E-state index in [9.17, 15) is 4.79 Å². The Labute approximate surface area is 148 Å². The van der Waals surface area contributed by atoms with Crippen molar-refractivity contribution in [2.45, 2.75) is 38.8 Å². The highest BCUT2D eigenvalue weighted by atomic mass is 16.5. The van der Waals surface area contributed by atoms with Crippen LogP contribution in [0.25, 0.3) is 0 Å². The minimum absolute atomic E-state index is 0.107. The number of urea groups is 1. The summed E-state index contributed by atoms with van der Waals surface area (Å²) in [6, 6.07) is 13.0. The molecule has 1 heterocycles. The van der Waals surface area contributed by atoms with Gasteiger partial charge in [-0.3, -0.25) is 0 Å².